The van der Waals surface area contributed by atoms with Crippen LogP contribution in [0.2, 0.25) is 0 Å². The van der Waals surface area contributed by atoms with Crippen molar-refractivity contribution in [3.8, 4) is 0 Å². The Labute approximate surface area is 87.1 Å². The van der Waals surface area contributed by atoms with Crippen molar-refractivity contribution in [1.82, 2.24) is 0 Å². The predicted octanol–water partition coefficient (Wildman–Crippen LogP) is 2.11. The SMILES string of the molecule is Cc1cc(F)c(C)c(C(=O)CCN)c1F. The van der Waals surface area contributed by atoms with Crippen LogP contribution in [0.15, 0.2) is 6.07 Å². The maximum atomic E-state index is 13.6. The first-order valence-corrected chi connectivity index (χ1v) is 4.67. The van der Waals surface area contributed by atoms with Crippen molar-refractivity contribution in [2.75, 3.05) is 6.54 Å². The van der Waals surface area contributed by atoms with Crippen LogP contribution in [0.3, 0.4) is 0 Å². The van der Waals surface area contributed by atoms with Gasteiger partial charge in [-0.05, 0) is 37.6 Å². The molecule has 0 aliphatic carbocycles. The van der Waals surface area contributed by atoms with Gasteiger partial charge in [0, 0.05) is 6.42 Å². The van der Waals surface area contributed by atoms with E-state index in [1.807, 2.05) is 0 Å². The molecule has 0 atom stereocenters. The van der Waals surface area contributed by atoms with Gasteiger partial charge in [0.05, 0.1) is 5.56 Å². The molecule has 82 valence electrons. The molecule has 2 N–H and O–H groups in total. The fourth-order valence-electron chi connectivity index (χ4n) is 1.43. The quantitative estimate of drug-likeness (QED) is 0.781. The van der Waals surface area contributed by atoms with E-state index in [-0.39, 0.29) is 29.7 Å². The maximum absolute atomic E-state index is 13.6. The van der Waals surface area contributed by atoms with Gasteiger partial charge in [0.1, 0.15) is 11.6 Å². The highest BCUT2D eigenvalue weighted by Crippen LogP contribution is 2.21. The highest BCUT2D eigenvalue weighted by Gasteiger charge is 2.18. The second kappa shape index (κ2) is 4.49. The molecule has 0 fully saturated rings. The number of halogens is 2. The molecule has 1 aromatic rings. The van der Waals surface area contributed by atoms with Gasteiger partial charge in [-0.15, -0.1) is 0 Å². The Morgan fingerprint density at radius 3 is 2.53 bits per heavy atom. The van der Waals surface area contributed by atoms with Crippen LogP contribution < -0.4 is 5.73 Å². The van der Waals surface area contributed by atoms with Crippen LogP contribution in [-0.4, -0.2) is 12.3 Å². The van der Waals surface area contributed by atoms with Crippen molar-refractivity contribution in [3.05, 3.63) is 34.4 Å². The molecule has 0 radical (unpaired) electrons. The summed E-state index contributed by atoms with van der Waals surface area (Å²) in [6.07, 6.45) is 0.0284. The van der Waals surface area contributed by atoms with Gasteiger partial charge in [-0.1, -0.05) is 0 Å². The monoisotopic (exact) mass is 213 g/mol. The summed E-state index contributed by atoms with van der Waals surface area (Å²) in [5, 5.41) is 0. The summed E-state index contributed by atoms with van der Waals surface area (Å²) in [4.78, 5) is 11.5. The number of aryl methyl sites for hydroxylation is 1. The summed E-state index contributed by atoms with van der Waals surface area (Å²) in [6.45, 7) is 2.95. The lowest BCUT2D eigenvalue weighted by Crippen LogP contribution is -2.13. The molecular weight excluding hydrogens is 200 g/mol. The molecule has 0 aliphatic heterocycles. The Morgan fingerprint density at radius 2 is 2.00 bits per heavy atom. The lowest BCUT2D eigenvalue weighted by atomic mass is 9.98. The van der Waals surface area contributed by atoms with Gasteiger partial charge < -0.3 is 5.73 Å². The van der Waals surface area contributed by atoms with Crippen LogP contribution in [0.5, 0.6) is 0 Å². The number of carbonyl (C=O) groups is 1. The standard InChI is InChI=1S/C11H13F2NO/c1-6-5-8(12)7(2)10(11(6)13)9(15)3-4-14/h5H,3-4,14H2,1-2H3. The molecule has 0 saturated heterocycles. The molecule has 0 spiro atoms. The number of rotatable bonds is 3. The predicted molar refractivity (Wildman–Crippen MR) is 53.8 cm³/mol. The first kappa shape index (κ1) is 11.8. The minimum absolute atomic E-state index is 0.0284. The van der Waals surface area contributed by atoms with Crippen molar-refractivity contribution in [2.45, 2.75) is 20.3 Å². The first-order valence-electron chi connectivity index (χ1n) is 4.67. The third-order valence-electron chi connectivity index (χ3n) is 2.29. The Balaban J connectivity index is 3.32. The van der Waals surface area contributed by atoms with Crippen molar-refractivity contribution >= 4 is 5.78 Å². The van der Waals surface area contributed by atoms with E-state index >= 15 is 0 Å². The molecule has 1 aromatic carbocycles. The van der Waals surface area contributed by atoms with E-state index in [4.69, 9.17) is 5.73 Å². The first-order chi connectivity index (χ1) is 6.99. The zero-order valence-electron chi connectivity index (χ0n) is 8.73. The molecule has 0 amide bonds. The maximum Gasteiger partial charge on any atom is 0.167 e. The van der Waals surface area contributed by atoms with E-state index in [1.54, 1.807) is 0 Å². The number of hydrogen-bond donors (Lipinski definition) is 1. The third kappa shape index (κ3) is 2.21. The summed E-state index contributed by atoms with van der Waals surface area (Å²) >= 11 is 0. The Bertz CT molecular complexity index is 376. The molecule has 0 heterocycles. The Kier molecular flexibility index (Phi) is 3.52. The topological polar surface area (TPSA) is 43.1 Å². The average molecular weight is 213 g/mol. The van der Waals surface area contributed by atoms with E-state index in [0.717, 1.165) is 6.07 Å². The molecule has 4 heteroatoms. The molecule has 0 unspecified atom stereocenters. The van der Waals surface area contributed by atoms with E-state index in [0.29, 0.717) is 0 Å². The van der Waals surface area contributed by atoms with Crippen molar-refractivity contribution in [3.63, 3.8) is 0 Å². The van der Waals surface area contributed by atoms with Crippen molar-refractivity contribution in [2.24, 2.45) is 5.73 Å². The van der Waals surface area contributed by atoms with E-state index in [1.165, 1.54) is 13.8 Å². The lowest BCUT2D eigenvalue weighted by Gasteiger charge is -2.09. The van der Waals surface area contributed by atoms with Crippen molar-refractivity contribution in [1.29, 1.82) is 0 Å². The van der Waals surface area contributed by atoms with Crippen LogP contribution in [-0.2, 0) is 0 Å². The van der Waals surface area contributed by atoms with Gasteiger partial charge in [-0.25, -0.2) is 8.78 Å². The Morgan fingerprint density at radius 1 is 1.40 bits per heavy atom. The smallest absolute Gasteiger partial charge is 0.167 e. The number of nitrogens with two attached hydrogens (primary N) is 1. The van der Waals surface area contributed by atoms with E-state index in [2.05, 4.69) is 0 Å². The van der Waals surface area contributed by atoms with Crippen LogP contribution in [0.4, 0.5) is 8.78 Å². The number of hydrogen-bond acceptors (Lipinski definition) is 2. The summed E-state index contributed by atoms with van der Waals surface area (Å²) < 4.78 is 26.9. The van der Waals surface area contributed by atoms with Crippen LogP contribution >= 0.6 is 0 Å². The lowest BCUT2D eigenvalue weighted by molar-refractivity contribution is 0.0980. The fourth-order valence-corrected chi connectivity index (χ4v) is 1.43. The van der Waals surface area contributed by atoms with Crippen LogP contribution in [0.25, 0.3) is 0 Å². The number of ketones is 1. The molecule has 0 saturated carbocycles. The molecule has 0 aliphatic rings. The van der Waals surface area contributed by atoms with Crippen molar-refractivity contribution < 1.29 is 13.6 Å². The fraction of sp³-hybridized carbons (Fsp3) is 0.364. The third-order valence-corrected chi connectivity index (χ3v) is 2.29. The van der Waals surface area contributed by atoms with Crippen LogP contribution in [0, 0.1) is 25.5 Å². The minimum Gasteiger partial charge on any atom is -0.330 e. The van der Waals surface area contributed by atoms with Gasteiger partial charge in [0.2, 0.25) is 0 Å². The number of benzene rings is 1. The molecule has 2 nitrogen and oxygen atoms in total. The second-order valence-electron chi connectivity index (χ2n) is 3.45. The normalized spacial score (nSPS) is 10.5. The summed E-state index contributed by atoms with van der Waals surface area (Å²) in [7, 11) is 0. The highest BCUT2D eigenvalue weighted by atomic mass is 19.1. The molecule has 1 rings (SSSR count). The zero-order valence-corrected chi connectivity index (χ0v) is 8.73. The molecular formula is C11H13F2NO. The average Bonchev–Trinajstić information content (AvgIpc) is 2.16. The molecule has 15 heavy (non-hydrogen) atoms. The largest absolute Gasteiger partial charge is 0.330 e. The molecule has 0 bridgehead atoms. The van der Waals surface area contributed by atoms with E-state index in [9.17, 15) is 13.6 Å². The number of Topliss-reactive ketones (excluding diaryl/α,β-unsaturated/α-hetero) is 1. The van der Waals surface area contributed by atoms with E-state index < -0.39 is 17.4 Å². The zero-order chi connectivity index (χ0) is 11.6. The highest BCUT2D eigenvalue weighted by molar-refractivity contribution is 5.98. The second-order valence-corrected chi connectivity index (χ2v) is 3.45. The number of carbonyl (C=O) groups excluding carboxylic acids is 1. The molecule has 0 aromatic heterocycles. The summed E-state index contributed by atoms with van der Waals surface area (Å²) in [5.74, 6) is -1.66. The van der Waals surface area contributed by atoms with Gasteiger partial charge >= 0.3 is 0 Å². The summed E-state index contributed by atoms with van der Waals surface area (Å²) in [6, 6.07) is 1.09. The van der Waals surface area contributed by atoms with Crippen LogP contribution in [0.1, 0.15) is 27.9 Å². The van der Waals surface area contributed by atoms with Gasteiger partial charge in [0.15, 0.2) is 5.78 Å². The summed E-state index contributed by atoms with van der Waals surface area (Å²) in [5.41, 5.74) is 5.23. The van der Waals surface area contributed by atoms with Gasteiger partial charge in [-0.2, -0.15) is 0 Å². The Hall–Kier alpha value is -1.29. The van der Waals surface area contributed by atoms with Gasteiger partial charge in [-0.3, -0.25) is 4.79 Å². The van der Waals surface area contributed by atoms with Gasteiger partial charge in [0.25, 0.3) is 0 Å². The minimum atomic E-state index is -0.646.